The Balaban J connectivity index is 1.41. The lowest BCUT2D eigenvalue weighted by atomic mass is 10.1. The predicted octanol–water partition coefficient (Wildman–Crippen LogP) is 0.346. The summed E-state index contributed by atoms with van der Waals surface area (Å²) in [6.07, 6.45) is 1.29. The van der Waals surface area contributed by atoms with Gasteiger partial charge in [0.2, 0.25) is 0 Å². The first-order valence-electron chi connectivity index (χ1n) is 8.55. The zero-order valence-electron chi connectivity index (χ0n) is 13.7. The Kier molecular flexibility index (Phi) is 3.97. The molecular weight excluding hydrogens is 290 g/mol. The van der Waals surface area contributed by atoms with Crippen LogP contribution in [0.15, 0.2) is 23.0 Å². The third kappa shape index (κ3) is 2.94. The van der Waals surface area contributed by atoms with Gasteiger partial charge < -0.3 is 10.3 Å². The summed E-state index contributed by atoms with van der Waals surface area (Å²) < 4.78 is 1.68. The highest BCUT2D eigenvalue weighted by Crippen LogP contribution is 2.16. The van der Waals surface area contributed by atoms with Crippen molar-refractivity contribution in [2.45, 2.75) is 19.0 Å². The lowest BCUT2D eigenvalue weighted by Gasteiger charge is -2.37. The van der Waals surface area contributed by atoms with E-state index >= 15 is 0 Å². The zero-order chi connectivity index (χ0) is 15.8. The summed E-state index contributed by atoms with van der Waals surface area (Å²) in [6.45, 7) is 7.86. The minimum atomic E-state index is -0.0454. The number of aromatic amines is 1. The molecule has 0 amide bonds. The molecule has 6 nitrogen and oxygen atoms in total. The van der Waals surface area contributed by atoms with Gasteiger partial charge in [-0.05, 0) is 30.7 Å². The van der Waals surface area contributed by atoms with Crippen LogP contribution in [0.2, 0.25) is 0 Å². The van der Waals surface area contributed by atoms with Gasteiger partial charge in [0.05, 0.1) is 11.0 Å². The van der Waals surface area contributed by atoms with Crippen molar-refractivity contribution in [1.29, 1.82) is 0 Å². The van der Waals surface area contributed by atoms with Crippen molar-refractivity contribution >= 4 is 11.0 Å². The van der Waals surface area contributed by atoms with Gasteiger partial charge in [0.1, 0.15) is 0 Å². The monoisotopic (exact) mass is 315 g/mol. The summed E-state index contributed by atoms with van der Waals surface area (Å²) in [5, 5.41) is 3.46. The molecular formula is C17H25N5O. The second kappa shape index (κ2) is 6.11. The fourth-order valence-corrected chi connectivity index (χ4v) is 3.86. The van der Waals surface area contributed by atoms with E-state index in [0.717, 1.165) is 56.3 Å². The molecule has 4 rings (SSSR count). The normalized spacial score (nSPS) is 23.8. The molecule has 6 heteroatoms. The highest BCUT2D eigenvalue weighted by molar-refractivity contribution is 5.75. The van der Waals surface area contributed by atoms with Crippen molar-refractivity contribution in [3.8, 4) is 0 Å². The second-order valence-corrected chi connectivity index (χ2v) is 6.80. The van der Waals surface area contributed by atoms with Crippen molar-refractivity contribution in [3.63, 3.8) is 0 Å². The van der Waals surface area contributed by atoms with E-state index in [9.17, 15) is 4.79 Å². The molecule has 2 aliphatic rings. The second-order valence-electron chi connectivity index (χ2n) is 6.80. The van der Waals surface area contributed by atoms with Gasteiger partial charge in [-0.3, -0.25) is 14.4 Å². The summed E-state index contributed by atoms with van der Waals surface area (Å²) >= 11 is 0. The quantitative estimate of drug-likeness (QED) is 0.858. The number of hydrogen-bond donors (Lipinski definition) is 2. The molecule has 2 fully saturated rings. The van der Waals surface area contributed by atoms with Crippen LogP contribution < -0.4 is 11.0 Å². The molecule has 23 heavy (non-hydrogen) atoms. The largest absolute Gasteiger partial charge is 0.326 e. The van der Waals surface area contributed by atoms with Crippen LogP contribution in [0.3, 0.4) is 0 Å². The first-order chi connectivity index (χ1) is 11.2. The van der Waals surface area contributed by atoms with Gasteiger partial charge >= 0.3 is 5.69 Å². The van der Waals surface area contributed by atoms with Gasteiger partial charge in [-0.25, -0.2) is 4.79 Å². The molecule has 2 saturated heterocycles. The maximum atomic E-state index is 11.7. The molecule has 1 aromatic carbocycles. The van der Waals surface area contributed by atoms with Gasteiger partial charge in [-0.1, -0.05) is 6.07 Å². The number of nitrogens with one attached hydrogen (secondary N) is 2. The van der Waals surface area contributed by atoms with E-state index < -0.39 is 0 Å². The molecule has 2 aliphatic heterocycles. The number of H-pyrrole nitrogens is 1. The Bertz CT molecular complexity index is 735. The van der Waals surface area contributed by atoms with Crippen LogP contribution in [0.5, 0.6) is 0 Å². The number of imidazole rings is 1. The highest BCUT2D eigenvalue weighted by Gasteiger charge is 2.25. The van der Waals surface area contributed by atoms with Crippen LogP contribution in [0, 0.1) is 0 Å². The van der Waals surface area contributed by atoms with Gasteiger partial charge in [0.15, 0.2) is 0 Å². The fraction of sp³-hybridized carbons (Fsp3) is 0.588. The maximum Gasteiger partial charge on any atom is 0.326 e. The average molecular weight is 315 g/mol. The van der Waals surface area contributed by atoms with Crippen LogP contribution in [0.4, 0.5) is 0 Å². The molecule has 0 unspecified atom stereocenters. The lowest BCUT2D eigenvalue weighted by molar-refractivity contribution is 0.0981. The van der Waals surface area contributed by atoms with E-state index in [0.29, 0.717) is 0 Å². The van der Waals surface area contributed by atoms with Crippen molar-refractivity contribution in [1.82, 2.24) is 24.7 Å². The van der Waals surface area contributed by atoms with Gasteiger partial charge in [-0.15, -0.1) is 0 Å². The Morgan fingerprint density at radius 1 is 1.22 bits per heavy atom. The first-order valence-corrected chi connectivity index (χ1v) is 8.55. The number of fused-ring (bicyclic) bond motifs is 1. The van der Waals surface area contributed by atoms with E-state index in [2.05, 4.69) is 32.2 Å². The molecule has 0 saturated carbocycles. The van der Waals surface area contributed by atoms with Gasteiger partial charge in [0, 0.05) is 52.4 Å². The molecule has 0 bridgehead atoms. The highest BCUT2D eigenvalue weighted by atomic mass is 16.1. The zero-order valence-corrected chi connectivity index (χ0v) is 13.7. The number of piperazine rings is 1. The summed E-state index contributed by atoms with van der Waals surface area (Å²) in [5.74, 6) is 0. The topological polar surface area (TPSA) is 56.3 Å². The van der Waals surface area contributed by atoms with Crippen LogP contribution in [0.25, 0.3) is 11.0 Å². The van der Waals surface area contributed by atoms with Gasteiger partial charge in [-0.2, -0.15) is 0 Å². The van der Waals surface area contributed by atoms with Crippen LogP contribution >= 0.6 is 0 Å². The molecule has 3 heterocycles. The Morgan fingerprint density at radius 2 is 2.04 bits per heavy atom. The third-order valence-corrected chi connectivity index (χ3v) is 5.33. The number of hydrogen-bond acceptors (Lipinski definition) is 4. The van der Waals surface area contributed by atoms with E-state index in [-0.39, 0.29) is 5.69 Å². The van der Waals surface area contributed by atoms with Crippen molar-refractivity contribution < 1.29 is 0 Å². The Labute approximate surface area is 136 Å². The van der Waals surface area contributed by atoms with Crippen LogP contribution in [0.1, 0.15) is 12.0 Å². The molecule has 2 aromatic rings. The average Bonchev–Trinajstić information content (AvgIpc) is 3.19. The number of aryl methyl sites for hydroxylation is 1. The SMILES string of the molecule is Cn1c(=O)[nH]c2ccc(CN3CCN([C@@H]4CCNC4)CC3)cc21. The van der Waals surface area contributed by atoms with Crippen LogP contribution in [-0.4, -0.2) is 64.7 Å². The van der Waals surface area contributed by atoms with Crippen LogP contribution in [-0.2, 0) is 13.6 Å². The molecule has 0 aliphatic carbocycles. The fourth-order valence-electron chi connectivity index (χ4n) is 3.86. The molecule has 0 radical (unpaired) electrons. The van der Waals surface area contributed by atoms with E-state index in [1.165, 1.54) is 18.5 Å². The van der Waals surface area contributed by atoms with E-state index in [1.807, 2.05) is 13.1 Å². The molecule has 1 aromatic heterocycles. The number of rotatable bonds is 3. The smallest absolute Gasteiger partial charge is 0.315 e. The predicted molar refractivity (Wildman–Crippen MR) is 91.7 cm³/mol. The minimum absolute atomic E-state index is 0.0454. The summed E-state index contributed by atoms with van der Waals surface area (Å²) in [5.41, 5.74) is 3.14. The van der Waals surface area contributed by atoms with E-state index in [4.69, 9.17) is 0 Å². The van der Waals surface area contributed by atoms with Crippen molar-refractivity contribution in [3.05, 3.63) is 34.2 Å². The number of aromatic nitrogens is 2. The third-order valence-electron chi connectivity index (χ3n) is 5.33. The van der Waals surface area contributed by atoms with E-state index in [1.54, 1.807) is 4.57 Å². The Morgan fingerprint density at radius 3 is 2.78 bits per heavy atom. The standard InChI is InChI=1S/C17H25N5O/c1-20-16-10-13(2-3-15(16)19-17(20)23)12-21-6-8-22(9-7-21)14-4-5-18-11-14/h2-3,10,14,18H,4-9,11-12H2,1H3,(H,19,23)/t14-/m1/s1. The number of benzene rings is 1. The van der Waals surface area contributed by atoms with Gasteiger partial charge in [0.25, 0.3) is 0 Å². The van der Waals surface area contributed by atoms with Crippen molar-refractivity contribution in [2.24, 2.45) is 7.05 Å². The first kappa shape index (κ1) is 14.9. The number of nitrogens with zero attached hydrogens (tertiary/aromatic N) is 3. The Hall–Kier alpha value is -1.63. The van der Waals surface area contributed by atoms with Crippen molar-refractivity contribution in [2.75, 3.05) is 39.3 Å². The maximum absolute atomic E-state index is 11.7. The molecule has 124 valence electrons. The molecule has 0 spiro atoms. The summed E-state index contributed by atoms with van der Waals surface area (Å²) in [7, 11) is 1.82. The summed E-state index contributed by atoms with van der Waals surface area (Å²) in [6, 6.07) is 7.03. The lowest BCUT2D eigenvalue weighted by Crippen LogP contribution is -2.50. The molecule has 1 atom stereocenters. The molecule has 2 N–H and O–H groups in total. The minimum Gasteiger partial charge on any atom is -0.315 e. The summed E-state index contributed by atoms with van der Waals surface area (Å²) in [4.78, 5) is 19.7.